The molecule has 1 atom stereocenters. The highest BCUT2D eigenvalue weighted by molar-refractivity contribution is 7.91. The third-order valence-electron chi connectivity index (χ3n) is 3.96. The molecule has 1 aromatic heterocycles. The quantitative estimate of drug-likeness (QED) is 0.597. The Morgan fingerprint density at radius 3 is 2.65 bits per heavy atom. The van der Waals surface area contributed by atoms with Gasteiger partial charge in [-0.05, 0) is 24.6 Å². The summed E-state index contributed by atoms with van der Waals surface area (Å²) in [4.78, 5) is 23.6. The van der Waals surface area contributed by atoms with Crippen LogP contribution in [0, 0.1) is 5.92 Å². The standard InChI is InChI=1S/C17H18N4O4S/c22-16(19-20-17(23)14-8-9-26(24,25)12-14)7-6-13-10-18-21(11-13)15-4-2-1-3-5-15/h1-7,10-11,14H,8-9,12H2,(H,19,22)(H,20,23)/b7-6+/t14-/m1/s1. The van der Waals surface area contributed by atoms with Crippen molar-refractivity contribution in [3.05, 3.63) is 54.4 Å². The minimum absolute atomic E-state index is 0.00431. The first kappa shape index (κ1) is 17.9. The molecule has 8 nitrogen and oxygen atoms in total. The van der Waals surface area contributed by atoms with Gasteiger partial charge >= 0.3 is 0 Å². The molecule has 0 bridgehead atoms. The summed E-state index contributed by atoms with van der Waals surface area (Å²) in [5, 5.41) is 4.21. The van der Waals surface area contributed by atoms with E-state index in [9.17, 15) is 18.0 Å². The number of benzene rings is 1. The van der Waals surface area contributed by atoms with E-state index in [2.05, 4.69) is 16.0 Å². The van der Waals surface area contributed by atoms with Gasteiger partial charge in [0.2, 0.25) is 5.91 Å². The van der Waals surface area contributed by atoms with Crippen molar-refractivity contribution in [2.45, 2.75) is 6.42 Å². The van der Waals surface area contributed by atoms with E-state index < -0.39 is 27.6 Å². The molecule has 1 saturated heterocycles. The molecule has 1 fully saturated rings. The first-order valence-electron chi connectivity index (χ1n) is 8.01. The zero-order chi connectivity index (χ0) is 18.6. The number of hydrogen-bond acceptors (Lipinski definition) is 5. The van der Waals surface area contributed by atoms with Gasteiger partial charge in [0.05, 0.1) is 29.3 Å². The summed E-state index contributed by atoms with van der Waals surface area (Å²) in [6.07, 6.45) is 6.48. The molecule has 1 aromatic carbocycles. The number of nitrogens with one attached hydrogen (secondary N) is 2. The van der Waals surface area contributed by atoms with Crippen molar-refractivity contribution >= 4 is 27.7 Å². The largest absolute Gasteiger partial charge is 0.273 e. The molecule has 136 valence electrons. The topological polar surface area (TPSA) is 110 Å². The molecule has 0 saturated carbocycles. The number of hydrazine groups is 1. The minimum Gasteiger partial charge on any atom is -0.273 e. The maximum absolute atomic E-state index is 11.8. The summed E-state index contributed by atoms with van der Waals surface area (Å²) in [5.74, 6) is -1.81. The van der Waals surface area contributed by atoms with Gasteiger partial charge in [-0.3, -0.25) is 20.4 Å². The van der Waals surface area contributed by atoms with Crippen LogP contribution in [0.5, 0.6) is 0 Å². The van der Waals surface area contributed by atoms with E-state index in [1.165, 1.54) is 6.08 Å². The lowest BCUT2D eigenvalue weighted by Gasteiger charge is -2.09. The molecule has 2 aromatic rings. The zero-order valence-electron chi connectivity index (χ0n) is 13.8. The second-order valence-electron chi connectivity index (χ2n) is 5.97. The highest BCUT2D eigenvalue weighted by Gasteiger charge is 2.32. The molecule has 1 aliphatic heterocycles. The number of carbonyl (C=O) groups is 2. The molecule has 9 heteroatoms. The van der Waals surface area contributed by atoms with E-state index >= 15 is 0 Å². The van der Waals surface area contributed by atoms with Crippen LogP contribution in [0.1, 0.15) is 12.0 Å². The molecular formula is C17H18N4O4S. The third-order valence-corrected chi connectivity index (χ3v) is 5.73. The molecule has 3 rings (SSSR count). The van der Waals surface area contributed by atoms with E-state index in [1.54, 1.807) is 23.2 Å². The predicted molar refractivity (Wildman–Crippen MR) is 95.6 cm³/mol. The van der Waals surface area contributed by atoms with Crippen LogP contribution in [0.25, 0.3) is 11.8 Å². The molecule has 0 unspecified atom stereocenters. The Morgan fingerprint density at radius 2 is 1.96 bits per heavy atom. The molecule has 2 amide bonds. The average Bonchev–Trinajstić information content (AvgIpc) is 3.25. The number of aromatic nitrogens is 2. The van der Waals surface area contributed by atoms with Crippen molar-refractivity contribution in [1.29, 1.82) is 0 Å². The molecule has 0 spiro atoms. The van der Waals surface area contributed by atoms with Crippen molar-refractivity contribution in [2.24, 2.45) is 5.92 Å². The van der Waals surface area contributed by atoms with Gasteiger partial charge in [0.1, 0.15) is 0 Å². The van der Waals surface area contributed by atoms with Crippen LogP contribution in [-0.4, -0.2) is 41.5 Å². The van der Waals surface area contributed by atoms with Gasteiger partial charge in [0.15, 0.2) is 9.84 Å². The lowest BCUT2D eigenvalue weighted by Crippen LogP contribution is -2.44. The number of nitrogens with zero attached hydrogens (tertiary/aromatic N) is 2. The van der Waals surface area contributed by atoms with Crippen LogP contribution >= 0.6 is 0 Å². The van der Waals surface area contributed by atoms with Gasteiger partial charge in [-0.1, -0.05) is 18.2 Å². The third kappa shape index (κ3) is 4.57. The van der Waals surface area contributed by atoms with Crippen LogP contribution in [0.2, 0.25) is 0 Å². The van der Waals surface area contributed by atoms with Crippen molar-refractivity contribution in [3.8, 4) is 5.69 Å². The predicted octanol–water partition coefficient (Wildman–Crippen LogP) is 0.468. The Bertz CT molecular complexity index is 935. The van der Waals surface area contributed by atoms with E-state index in [0.717, 1.165) is 11.3 Å². The van der Waals surface area contributed by atoms with Gasteiger partial charge in [-0.15, -0.1) is 0 Å². The van der Waals surface area contributed by atoms with Crippen molar-refractivity contribution in [1.82, 2.24) is 20.6 Å². The van der Waals surface area contributed by atoms with Crippen LogP contribution in [0.3, 0.4) is 0 Å². The van der Waals surface area contributed by atoms with Crippen molar-refractivity contribution in [2.75, 3.05) is 11.5 Å². The smallest absolute Gasteiger partial charge is 0.262 e. The first-order chi connectivity index (χ1) is 12.4. The fourth-order valence-corrected chi connectivity index (χ4v) is 4.33. The Labute approximate surface area is 150 Å². The Hall–Kier alpha value is -2.94. The SMILES string of the molecule is O=C(/C=C/c1cnn(-c2ccccc2)c1)NNC(=O)[C@@H]1CCS(=O)(=O)C1. The molecule has 1 aliphatic rings. The van der Waals surface area contributed by atoms with E-state index in [-0.39, 0.29) is 17.9 Å². The number of sulfone groups is 1. The highest BCUT2D eigenvalue weighted by Crippen LogP contribution is 2.18. The number of hydrogen-bond donors (Lipinski definition) is 2. The van der Waals surface area contributed by atoms with Crippen LogP contribution < -0.4 is 10.9 Å². The number of carbonyl (C=O) groups excluding carboxylic acids is 2. The van der Waals surface area contributed by atoms with Crippen molar-refractivity contribution < 1.29 is 18.0 Å². The lowest BCUT2D eigenvalue weighted by atomic mass is 10.1. The maximum Gasteiger partial charge on any atom is 0.262 e. The molecule has 0 aliphatic carbocycles. The minimum atomic E-state index is -3.14. The fraction of sp³-hybridized carbons (Fsp3) is 0.235. The number of para-hydroxylation sites is 1. The average molecular weight is 374 g/mol. The summed E-state index contributed by atoms with van der Waals surface area (Å²) in [5.41, 5.74) is 6.12. The van der Waals surface area contributed by atoms with Gasteiger partial charge < -0.3 is 0 Å². The van der Waals surface area contributed by atoms with Crippen LogP contribution in [0.15, 0.2) is 48.8 Å². The van der Waals surface area contributed by atoms with Gasteiger partial charge in [0.25, 0.3) is 5.91 Å². The number of rotatable bonds is 4. The Balaban J connectivity index is 1.51. The van der Waals surface area contributed by atoms with Crippen LogP contribution in [-0.2, 0) is 19.4 Å². The van der Waals surface area contributed by atoms with E-state index in [1.807, 2.05) is 30.3 Å². The molecule has 2 N–H and O–H groups in total. The van der Waals surface area contributed by atoms with Crippen LogP contribution in [0.4, 0.5) is 0 Å². The summed E-state index contributed by atoms with van der Waals surface area (Å²) < 4.78 is 24.4. The van der Waals surface area contributed by atoms with Gasteiger partial charge in [-0.2, -0.15) is 5.10 Å². The van der Waals surface area contributed by atoms with Gasteiger partial charge in [0, 0.05) is 17.8 Å². The van der Waals surface area contributed by atoms with E-state index in [0.29, 0.717) is 0 Å². The fourth-order valence-electron chi connectivity index (χ4n) is 2.59. The first-order valence-corrected chi connectivity index (χ1v) is 9.83. The van der Waals surface area contributed by atoms with Crippen molar-refractivity contribution in [3.63, 3.8) is 0 Å². The normalized spacial score (nSPS) is 18.7. The zero-order valence-corrected chi connectivity index (χ0v) is 14.6. The van der Waals surface area contributed by atoms with E-state index in [4.69, 9.17) is 0 Å². The summed E-state index contributed by atoms with van der Waals surface area (Å²) in [7, 11) is -3.14. The maximum atomic E-state index is 11.8. The molecule has 0 radical (unpaired) electrons. The Morgan fingerprint density at radius 1 is 1.19 bits per heavy atom. The summed E-state index contributed by atoms with van der Waals surface area (Å²) in [6, 6.07) is 9.53. The molecule has 2 heterocycles. The second kappa shape index (κ2) is 7.52. The number of amides is 2. The Kier molecular flexibility index (Phi) is 5.17. The summed E-state index contributed by atoms with van der Waals surface area (Å²) in [6.45, 7) is 0. The second-order valence-corrected chi connectivity index (χ2v) is 8.19. The van der Waals surface area contributed by atoms with Gasteiger partial charge in [-0.25, -0.2) is 13.1 Å². The monoisotopic (exact) mass is 374 g/mol. The lowest BCUT2D eigenvalue weighted by molar-refractivity contribution is -0.129. The molecule has 26 heavy (non-hydrogen) atoms. The highest BCUT2D eigenvalue weighted by atomic mass is 32.2. The molecular weight excluding hydrogens is 356 g/mol. The summed E-state index contributed by atoms with van der Waals surface area (Å²) >= 11 is 0.